The summed E-state index contributed by atoms with van der Waals surface area (Å²) >= 11 is 0. The van der Waals surface area contributed by atoms with Crippen LogP contribution in [0.4, 0.5) is 0 Å². The molecule has 0 spiro atoms. The number of nitrogens with one attached hydrogen (secondary N) is 1. The van der Waals surface area contributed by atoms with Crippen molar-refractivity contribution in [3.05, 3.63) is 0 Å². The van der Waals surface area contributed by atoms with Gasteiger partial charge >= 0.3 is 0 Å². The molecule has 1 amide bonds. The predicted molar refractivity (Wildman–Crippen MR) is 77.7 cm³/mol. The second kappa shape index (κ2) is 6.23. The summed E-state index contributed by atoms with van der Waals surface area (Å²) in [4.78, 5) is 14.8. The number of carbonyl (C=O) groups excluding carboxylic acids is 1. The highest BCUT2D eigenvalue weighted by atomic mass is 16.2. The first-order chi connectivity index (χ1) is 8.97. The maximum atomic E-state index is 12.4. The summed E-state index contributed by atoms with van der Waals surface area (Å²) in [6.07, 6.45) is 4.01. The fourth-order valence-electron chi connectivity index (χ4n) is 3.69. The summed E-state index contributed by atoms with van der Waals surface area (Å²) in [7, 11) is 2.15. The van der Waals surface area contributed by atoms with Gasteiger partial charge < -0.3 is 16.0 Å². The Morgan fingerprint density at radius 3 is 2.58 bits per heavy atom. The molecule has 19 heavy (non-hydrogen) atoms. The number of hydrogen-bond donors (Lipinski definition) is 2. The lowest BCUT2D eigenvalue weighted by Gasteiger charge is -2.37. The third-order valence-electron chi connectivity index (χ3n) is 4.98. The van der Waals surface area contributed by atoms with E-state index in [2.05, 4.69) is 31.1 Å². The third kappa shape index (κ3) is 3.69. The maximum Gasteiger partial charge on any atom is 0.223 e. The van der Waals surface area contributed by atoms with Crippen molar-refractivity contribution in [2.75, 3.05) is 20.1 Å². The second-order valence-electron chi connectivity index (χ2n) is 6.80. The van der Waals surface area contributed by atoms with Crippen LogP contribution in [-0.4, -0.2) is 43.0 Å². The Bertz CT molecular complexity index is 321. The smallest absolute Gasteiger partial charge is 0.223 e. The van der Waals surface area contributed by atoms with Crippen LogP contribution in [0.5, 0.6) is 0 Å². The molecule has 1 saturated carbocycles. The van der Waals surface area contributed by atoms with Gasteiger partial charge in [0.15, 0.2) is 0 Å². The number of piperidine rings is 1. The Labute approximate surface area is 117 Å². The normalized spacial score (nSPS) is 40.9. The van der Waals surface area contributed by atoms with Crippen LogP contribution in [-0.2, 0) is 4.79 Å². The van der Waals surface area contributed by atoms with E-state index >= 15 is 0 Å². The molecular formula is C15H29N3O. The van der Waals surface area contributed by atoms with Crippen molar-refractivity contribution in [2.45, 2.75) is 51.6 Å². The molecule has 5 unspecified atom stereocenters. The molecule has 0 aromatic heterocycles. The van der Waals surface area contributed by atoms with Crippen LogP contribution >= 0.6 is 0 Å². The molecule has 4 nitrogen and oxygen atoms in total. The van der Waals surface area contributed by atoms with E-state index in [1.165, 1.54) is 0 Å². The molecule has 110 valence electrons. The Balaban J connectivity index is 1.87. The van der Waals surface area contributed by atoms with Gasteiger partial charge in [-0.15, -0.1) is 0 Å². The molecular weight excluding hydrogens is 238 g/mol. The van der Waals surface area contributed by atoms with E-state index in [9.17, 15) is 4.79 Å². The fraction of sp³-hybridized carbons (Fsp3) is 0.933. The molecule has 2 rings (SSSR count). The molecule has 3 N–H and O–H groups in total. The Morgan fingerprint density at radius 1 is 1.21 bits per heavy atom. The van der Waals surface area contributed by atoms with Crippen LogP contribution in [0.3, 0.4) is 0 Å². The number of likely N-dealkylation sites (tertiary alicyclic amines) is 1. The summed E-state index contributed by atoms with van der Waals surface area (Å²) in [6, 6.07) is 0.646. The van der Waals surface area contributed by atoms with E-state index in [0.29, 0.717) is 23.9 Å². The zero-order valence-corrected chi connectivity index (χ0v) is 12.6. The summed E-state index contributed by atoms with van der Waals surface area (Å²) in [5.74, 6) is 1.40. The minimum atomic E-state index is 0.173. The highest BCUT2D eigenvalue weighted by Gasteiger charge is 2.33. The summed E-state index contributed by atoms with van der Waals surface area (Å²) < 4.78 is 0. The van der Waals surface area contributed by atoms with E-state index in [1.54, 1.807) is 0 Å². The number of rotatable bonds is 2. The molecule has 5 atom stereocenters. The van der Waals surface area contributed by atoms with Crippen LogP contribution in [0, 0.1) is 17.8 Å². The highest BCUT2D eigenvalue weighted by Crippen LogP contribution is 2.29. The minimum Gasteiger partial charge on any atom is -0.353 e. The van der Waals surface area contributed by atoms with Gasteiger partial charge in [-0.2, -0.15) is 0 Å². The van der Waals surface area contributed by atoms with Crippen molar-refractivity contribution < 1.29 is 4.79 Å². The van der Waals surface area contributed by atoms with Gasteiger partial charge in [0.05, 0.1) is 0 Å². The zero-order chi connectivity index (χ0) is 14.0. The first-order valence-corrected chi connectivity index (χ1v) is 7.72. The highest BCUT2D eigenvalue weighted by molar-refractivity contribution is 5.79. The van der Waals surface area contributed by atoms with E-state index in [-0.39, 0.29) is 11.8 Å². The van der Waals surface area contributed by atoms with Gasteiger partial charge in [-0.05, 0) is 51.1 Å². The average Bonchev–Trinajstić information content (AvgIpc) is 2.32. The van der Waals surface area contributed by atoms with Crippen molar-refractivity contribution >= 4 is 5.91 Å². The second-order valence-corrected chi connectivity index (χ2v) is 6.80. The van der Waals surface area contributed by atoms with Gasteiger partial charge in [0.1, 0.15) is 0 Å². The van der Waals surface area contributed by atoms with Gasteiger partial charge in [0.25, 0.3) is 0 Å². The number of nitrogens with zero attached hydrogens (tertiary/aromatic N) is 1. The molecule has 2 aliphatic rings. The van der Waals surface area contributed by atoms with E-state index < -0.39 is 0 Å². The van der Waals surface area contributed by atoms with Crippen LogP contribution in [0.25, 0.3) is 0 Å². The molecule has 0 radical (unpaired) electrons. The molecule has 2 fully saturated rings. The van der Waals surface area contributed by atoms with Gasteiger partial charge in [-0.1, -0.05) is 13.8 Å². The van der Waals surface area contributed by atoms with Gasteiger partial charge in [-0.25, -0.2) is 0 Å². The van der Waals surface area contributed by atoms with E-state index in [4.69, 9.17) is 5.73 Å². The van der Waals surface area contributed by atoms with Crippen LogP contribution in [0.15, 0.2) is 0 Å². The Kier molecular flexibility index (Phi) is 4.85. The quantitative estimate of drug-likeness (QED) is 0.790. The summed E-state index contributed by atoms with van der Waals surface area (Å²) in [6.45, 7) is 6.57. The topological polar surface area (TPSA) is 58.4 Å². The number of nitrogens with two attached hydrogens (primary N) is 1. The van der Waals surface area contributed by atoms with Crippen LogP contribution in [0.2, 0.25) is 0 Å². The SMILES string of the molecule is CC1CN(C)CCC1NC(=O)C1CCC(N)CC1C. The van der Waals surface area contributed by atoms with E-state index in [0.717, 1.165) is 38.8 Å². The average molecular weight is 267 g/mol. The van der Waals surface area contributed by atoms with Crippen molar-refractivity contribution in [3.8, 4) is 0 Å². The maximum absolute atomic E-state index is 12.4. The first-order valence-electron chi connectivity index (χ1n) is 7.72. The first kappa shape index (κ1) is 14.8. The lowest BCUT2D eigenvalue weighted by Crippen LogP contribution is -2.51. The summed E-state index contributed by atoms with van der Waals surface area (Å²) in [5.41, 5.74) is 5.97. The lowest BCUT2D eigenvalue weighted by atomic mass is 9.77. The number of amides is 1. The van der Waals surface area contributed by atoms with Gasteiger partial charge in [0, 0.05) is 24.5 Å². The van der Waals surface area contributed by atoms with Crippen molar-refractivity contribution in [1.82, 2.24) is 10.2 Å². The molecule has 0 aromatic rings. The molecule has 1 saturated heterocycles. The third-order valence-corrected chi connectivity index (χ3v) is 4.98. The number of carbonyl (C=O) groups is 1. The molecule has 1 heterocycles. The van der Waals surface area contributed by atoms with Gasteiger partial charge in [0.2, 0.25) is 5.91 Å². The molecule has 0 aromatic carbocycles. The molecule has 1 aliphatic heterocycles. The summed E-state index contributed by atoms with van der Waals surface area (Å²) in [5, 5.41) is 3.30. The van der Waals surface area contributed by atoms with Crippen molar-refractivity contribution in [1.29, 1.82) is 0 Å². The molecule has 4 heteroatoms. The minimum absolute atomic E-state index is 0.173. The van der Waals surface area contributed by atoms with Crippen LogP contribution < -0.4 is 11.1 Å². The molecule has 1 aliphatic carbocycles. The monoisotopic (exact) mass is 267 g/mol. The standard InChI is InChI=1S/C15H29N3O/c1-10-8-12(16)4-5-13(10)15(19)17-14-6-7-18(3)9-11(14)2/h10-14H,4-9,16H2,1-3H3,(H,17,19). The zero-order valence-electron chi connectivity index (χ0n) is 12.6. The predicted octanol–water partition coefficient (Wildman–Crippen LogP) is 1.21. The van der Waals surface area contributed by atoms with Crippen molar-refractivity contribution in [2.24, 2.45) is 23.5 Å². The van der Waals surface area contributed by atoms with E-state index in [1.807, 2.05) is 0 Å². The van der Waals surface area contributed by atoms with Crippen molar-refractivity contribution in [3.63, 3.8) is 0 Å². The van der Waals surface area contributed by atoms with Gasteiger partial charge in [-0.3, -0.25) is 4.79 Å². The lowest BCUT2D eigenvalue weighted by molar-refractivity contribution is -0.129. The Hall–Kier alpha value is -0.610. The largest absolute Gasteiger partial charge is 0.353 e. The fourth-order valence-corrected chi connectivity index (χ4v) is 3.69. The van der Waals surface area contributed by atoms with Crippen LogP contribution in [0.1, 0.15) is 39.5 Å². The Morgan fingerprint density at radius 2 is 1.95 bits per heavy atom. The number of hydrogen-bond acceptors (Lipinski definition) is 3. The molecule has 0 bridgehead atoms.